The number of methoxy groups -OCH3 is 1. The zero-order valence-corrected chi connectivity index (χ0v) is 9.59. The Morgan fingerprint density at radius 3 is 2.73 bits per heavy atom. The van der Waals surface area contributed by atoms with E-state index < -0.39 is 0 Å². The van der Waals surface area contributed by atoms with Crippen LogP contribution in [0.5, 0.6) is 5.75 Å². The Morgan fingerprint density at radius 1 is 1.33 bits per heavy atom. The van der Waals surface area contributed by atoms with Gasteiger partial charge >= 0.3 is 0 Å². The van der Waals surface area contributed by atoms with Crippen LogP contribution in [0, 0.1) is 0 Å². The molecule has 0 bridgehead atoms. The van der Waals surface area contributed by atoms with Gasteiger partial charge in [0.25, 0.3) is 0 Å². The molecule has 0 unspecified atom stereocenters. The molecule has 0 aliphatic rings. The Bertz CT molecular complexity index is 305. The van der Waals surface area contributed by atoms with E-state index in [0.29, 0.717) is 17.4 Å². The fourth-order valence-corrected chi connectivity index (χ4v) is 1.66. The second-order valence-corrected chi connectivity index (χ2v) is 3.70. The number of benzene rings is 1. The summed E-state index contributed by atoms with van der Waals surface area (Å²) in [5.74, 6) is 5.65. The van der Waals surface area contributed by atoms with Crippen LogP contribution in [0.25, 0.3) is 0 Å². The van der Waals surface area contributed by atoms with Crippen LogP contribution in [0.2, 0.25) is 5.02 Å². The van der Waals surface area contributed by atoms with E-state index in [-0.39, 0.29) is 0 Å². The summed E-state index contributed by atoms with van der Waals surface area (Å²) in [4.78, 5) is 4.49. The number of unbranched alkanes of at least 4 members (excludes halogenated alkanes) is 1. The summed E-state index contributed by atoms with van der Waals surface area (Å²) >= 11 is 6.00. The van der Waals surface area contributed by atoms with Gasteiger partial charge in [-0.3, -0.25) is 0 Å². The van der Waals surface area contributed by atoms with Gasteiger partial charge < -0.3 is 9.57 Å². The van der Waals surface area contributed by atoms with Gasteiger partial charge in [-0.25, -0.2) is 5.90 Å². The van der Waals surface area contributed by atoms with E-state index in [1.807, 2.05) is 18.2 Å². The third-order valence-electron chi connectivity index (χ3n) is 2.19. The highest BCUT2D eigenvalue weighted by Gasteiger charge is 2.01. The molecule has 0 saturated carbocycles. The van der Waals surface area contributed by atoms with E-state index in [0.717, 1.165) is 19.3 Å². The van der Waals surface area contributed by atoms with Gasteiger partial charge in [0, 0.05) is 0 Å². The SMILES string of the molecule is COc1ccc(CCCCON)cc1Cl. The zero-order valence-electron chi connectivity index (χ0n) is 8.83. The summed E-state index contributed by atoms with van der Waals surface area (Å²) in [7, 11) is 1.61. The molecule has 0 atom stereocenters. The molecule has 0 aliphatic heterocycles. The van der Waals surface area contributed by atoms with Crippen molar-refractivity contribution < 1.29 is 9.57 Å². The van der Waals surface area contributed by atoms with E-state index in [2.05, 4.69) is 4.84 Å². The van der Waals surface area contributed by atoms with Gasteiger partial charge in [0.15, 0.2) is 0 Å². The summed E-state index contributed by atoms with van der Waals surface area (Å²) in [5, 5.41) is 0.657. The van der Waals surface area contributed by atoms with Crippen molar-refractivity contribution in [2.24, 2.45) is 5.90 Å². The van der Waals surface area contributed by atoms with E-state index in [1.54, 1.807) is 7.11 Å². The summed E-state index contributed by atoms with van der Waals surface area (Å²) in [6, 6.07) is 5.84. The Labute approximate surface area is 95.1 Å². The van der Waals surface area contributed by atoms with Gasteiger partial charge in [-0.2, -0.15) is 0 Å². The highest BCUT2D eigenvalue weighted by Crippen LogP contribution is 2.25. The lowest BCUT2D eigenvalue weighted by Gasteiger charge is -2.05. The van der Waals surface area contributed by atoms with Gasteiger partial charge in [0.1, 0.15) is 5.75 Å². The number of aryl methyl sites for hydroxylation is 1. The van der Waals surface area contributed by atoms with E-state index in [9.17, 15) is 0 Å². The van der Waals surface area contributed by atoms with Crippen molar-refractivity contribution in [1.82, 2.24) is 0 Å². The average molecular weight is 230 g/mol. The molecule has 0 amide bonds. The van der Waals surface area contributed by atoms with Crippen molar-refractivity contribution in [2.75, 3.05) is 13.7 Å². The molecule has 0 radical (unpaired) electrons. The molecular weight excluding hydrogens is 214 g/mol. The molecule has 0 heterocycles. The van der Waals surface area contributed by atoms with E-state index in [4.69, 9.17) is 22.2 Å². The summed E-state index contributed by atoms with van der Waals surface area (Å²) in [5.41, 5.74) is 1.21. The molecule has 0 aliphatic carbocycles. The van der Waals surface area contributed by atoms with Gasteiger partial charge in [0.2, 0.25) is 0 Å². The maximum absolute atomic E-state index is 6.00. The lowest BCUT2D eigenvalue weighted by Crippen LogP contribution is -2.01. The third-order valence-corrected chi connectivity index (χ3v) is 2.49. The van der Waals surface area contributed by atoms with Crippen LogP contribution in [-0.2, 0) is 11.3 Å². The van der Waals surface area contributed by atoms with Crippen LogP contribution in [0.3, 0.4) is 0 Å². The van der Waals surface area contributed by atoms with E-state index in [1.165, 1.54) is 5.56 Å². The predicted molar refractivity (Wildman–Crippen MR) is 61.1 cm³/mol. The molecule has 15 heavy (non-hydrogen) atoms. The number of rotatable bonds is 6. The topological polar surface area (TPSA) is 44.5 Å². The number of hydrogen-bond donors (Lipinski definition) is 1. The third kappa shape index (κ3) is 4.08. The number of nitrogens with two attached hydrogens (primary N) is 1. The standard InChI is InChI=1S/C11H16ClNO2/c1-14-11-6-5-9(8-10(11)12)4-2-3-7-15-13/h5-6,8H,2-4,7,13H2,1H3. The fourth-order valence-electron chi connectivity index (χ4n) is 1.38. The summed E-state index contributed by atoms with van der Waals surface area (Å²) in [6.07, 6.45) is 2.98. The number of halogens is 1. The molecule has 1 aromatic rings. The first-order valence-electron chi connectivity index (χ1n) is 4.92. The molecule has 0 spiro atoms. The second-order valence-electron chi connectivity index (χ2n) is 3.30. The minimum Gasteiger partial charge on any atom is -0.495 e. The van der Waals surface area contributed by atoms with Crippen molar-refractivity contribution in [3.8, 4) is 5.75 Å². The largest absolute Gasteiger partial charge is 0.495 e. The highest BCUT2D eigenvalue weighted by atomic mass is 35.5. The Morgan fingerprint density at radius 2 is 2.13 bits per heavy atom. The van der Waals surface area contributed by atoms with Crippen LogP contribution in [0.4, 0.5) is 0 Å². The fraction of sp³-hybridized carbons (Fsp3) is 0.455. The molecule has 2 N–H and O–H groups in total. The molecule has 0 fully saturated rings. The van der Waals surface area contributed by atoms with Crippen LogP contribution in [0.1, 0.15) is 18.4 Å². The van der Waals surface area contributed by atoms with Crippen molar-refractivity contribution in [2.45, 2.75) is 19.3 Å². The monoisotopic (exact) mass is 229 g/mol. The minimum atomic E-state index is 0.601. The molecule has 4 heteroatoms. The van der Waals surface area contributed by atoms with Crippen LogP contribution >= 0.6 is 11.6 Å². The van der Waals surface area contributed by atoms with Gasteiger partial charge in [-0.1, -0.05) is 17.7 Å². The Kier molecular flexibility index (Phi) is 5.47. The molecule has 1 rings (SSSR count). The normalized spacial score (nSPS) is 10.3. The lowest BCUT2D eigenvalue weighted by molar-refractivity contribution is 0.134. The van der Waals surface area contributed by atoms with Gasteiger partial charge in [-0.15, -0.1) is 0 Å². The molecule has 0 saturated heterocycles. The maximum Gasteiger partial charge on any atom is 0.137 e. The Hall–Kier alpha value is -0.770. The quantitative estimate of drug-likeness (QED) is 0.602. The molecule has 3 nitrogen and oxygen atoms in total. The average Bonchev–Trinajstić information content (AvgIpc) is 2.25. The first kappa shape index (κ1) is 12.3. The van der Waals surface area contributed by atoms with Crippen molar-refractivity contribution in [3.05, 3.63) is 28.8 Å². The smallest absolute Gasteiger partial charge is 0.137 e. The first-order valence-corrected chi connectivity index (χ1v) is 5.30. The molecular formula is C11H16ClNO2. The van der Waals surface area contributed by atoms with E-state index >= 15 is 0 Å². The van der Waals surface area contributed by atoms with Crippen molar-refractivity contribution >= 4 is 11.6 Å². The minimum absolute atomic E-state index is 0.601. The first-order chi connectivity index (χ1) is 7.27. The van der Waals surface area contributed by atoms with Crippen LogP contribution in [-0.4, -0.2) is 13.7 Å². The second kappa shape index (κ2) is 6.67. The Balaban J connectivity index is 2.45. The van der Waals surface area contributed by atoms with Crippen molar-refractivity contribution in [1.29, 1.82) is 0 Å². The molecule has 84 valence electrons. The number of ether oxygens (including phenoxy) is 1. The lowest BCUT2D eigenvalue weighted by atomic mass is 10.1. The van der Waals surface area contributed by atoms with Crippen molar-refractivity contribution in [3.63, 3.8) is 0 Å². The van der Waals surface area contributed by atoms with Crippen LogP contribution in [0.15, 0.2) is 18.2 Å². The zero-order chi connectivity index (χ0) is 11.1. The highest BCUT2D eigenvalue weighted by molar-refractivity contribution is 6.32. The number of hydrogen-bond acceptors (Lipinski definition) is 3. The molecule has 1 aromatic carbocycles. The summed E-state index contributed by atoms with van der Waals surface area (Å²) in [6.45, 7) is 0.601. The van der Waals surface area contributed by atoms with Gasteiger partial charge in [-0.05, 0) is 37.0 Å². The predicted octanol–water partition coefficient (Wildman–Crippen LogP) is 2.56. The maximum atomic E-state index is 6.00. The molecule has 0 aromatic heterocycles. The van der Waals surface area contributed by atoms with Gasteiger partial charge in [0.05, 0.1) is 18.7 Å². The summed E-state index contributed by atoms with van der Waals surface area (Å²) < 4.78 is 5.07. The van der Waals surface area contributed by atoms with Crippen LogP contribution < -0.4 is 10.6 Å².